The van der Waals surface area contributed by atoms with Crippen LogP contribution < -0.4 is 0 Å². The second-order valence-corrected chi connectivity index (χ2v) is 7.23. The summed E-state index contributed by atoms with van der Waals surface area (Å²) in [7, 11) is 0. The van der Waals surface area contributed by atoms with E-state index in [0.717, 1.165) is 41.2 Å². The monoisotopic (exact) mass is 449 g/mol. The van der Waals surface area contributed by atoms with Crippen LogP contribution in [0.2, 0.25) is 10.0 Å². The summed E-state index contributed by atoms with van der Waals surface area (Å²) >= 11 is 12.3. The Morgan fingerprint density at radius 3 is 1.86 bits per heavy atom. The molecule has 3 rings (SSSR count). The Kier molecular flexibility index (Phi) is 11.1. The van der Waals surface area contributed by atoms with E-state index in [4.69, 9.17) is 33.1 Å². The van der Waals surface area contributed by atoms with Gasteiger partial charge in [0.25, 0.3) is 5.97 Å². The van der Waals surface area contributed by atoms with Crippen LogP contribution in [0.5, 0.6) is 0 Å². The van der Waals surface area contributed by atoms with E-state index in [2.05, 4.69) is 4.90 Å². The zero-order valence-corrected chi connectivity index (χ0v) is 17.6. The topological polar surface area (TPSA) is 40.5 Å². The van der Waals surface area contributed by atoms with Crippen LogP contribution in [0.25, 0.3) is 0 Å². The van der Waals surface area contributed by atoms with Crippen molar-refractivity contribution in [1.82, 2.24) is 4.90 Å². The van der Waals surface area contributed by atoms with Gasteiger partial charge in [-0.2, -0.15) is 13.2 Å². The number of carbonyl (C=O) groups is 1. The Hall–Kier alpha value is -1.76. The summed E-state index contributed by atoms with van der Waals surface area (Å²) in [6, 6.07) is 12.1. The van der Waals surface area contributed by atoms with Gasteiger partial charge in [-0.1, -0.05) is 66.0 Å². The third-order valence-electron chi connectivity index (χ3n) is 3.99. The molecule has 1 saturated heterocycles. The molecular weight excluding hydrogens is 426 g/mol. The molecule has 0 bridgehead atoms. The van der Waals surface area contributed by atoms with Crippen molar-refractivity contribution in [2.24, 2.45) is 0 Å². The van der Waals surface area contributed by atoms with E-state index in [-0.39, 0.29) is 0 Å². The van der Waals surface area contributed by atoms with Gasteiger partial charge in [-0.15, -0.1) is 0 Å². The number of likely N-dealkylation sites (tertiary alicyclic amines) is 1. The third kappa shape index (κ3) is 10.5. The zero-order chi connectivity index (χ0) is 21.9. The fraction of sp³-hybridized carbons (Fsp3) is 0.381. The molecule has 1 heterocycles. The average molecular weight is 450 g/mol. The van der Waals surface area contributed by atoms with E-state index >= 15 is 0 Å². The van der Waals surface area contributed by atoms with E-state index in [9.17, 15) is 13.2 Å². The molecule has 3 nitrogen and oxygen atoms in total. The Morgan fingerprint density at radius 1 is 0.966 bits per heavy atom. The Labute approximate surface area is 179 Å². The number of hydrogen-bond acceptors (Lipinski definition) is 2. The van der Waals surface area contributed by atoms with Crippen LogP contribution in [-0.4, -0.2) is 29.1 Å². The Bertz CT molecular complexity index is 725. The normalized spacial score (nSPS) is 14.1. The maximum Gasteiger partial charge on any atom is 0.416 e. The molecule has 0 radical (unpaired) electrons. The van der Waals surface area contributed by atoms with Gasteiger partial charge in [-0.05, 0) is 38.1 Å². The van der Waals surface area contributed by atoms with Gasteiger partial charge >= 0.3 is 6.18 Å². The number of nitrogens with zero attached hydrogens (tertiary/aromatic N) is 1. The SMILES string of the molecule is CC(=O)O.Clc1cccc(Cl)c1CN1CCCCC1.FC(F)(F)c1ccccc1. The molecule has 0 atom stereocenters. The fourth-order valence-corrected chi connectivity index (χ4v) is 3.17. The molecule has 8 heteroatoms. The summed E-state index contributed by atoms with van der Waals surface area (Å²) in [5, 5.41) is 8.99. The first-order valence-corrected chi connectivity index (χ1v) is 9.84. The summed E-state index contributed by atoms with van der Waals surface area (Å²) < 4.78 is 35.4. The van der Waals surface area contributed by atoms with Gasteiger partial charge in [0.1, 0.15) is 0 Å². The molecule has 1 fully saturated rings. The van der Waals surface area contributed by atoms with Gasteiger partial charge in [-0.3, -0.25) is 9.69 Å². The van der Waals surface area contributed by atoms with Crippen molar-refractivity contribution in [2.45, 2.75) is 38.9 Å². The van der Waals surface area contributed by atoms with Crippen molar-refractivity contribution < 1.29 is 23.1 Å². The van der Waals surface area contributed by atoms with Gasteiger partial charge in [0, 0.05) is 29.1 Å². The van der Waals surface area contributed by atoms with Gasteiger partial charge < -0.3 is 5.11 Å². The summed E-state index contributed by atoms with van der Waals surface area (Å²) in [5.41, 5.74) is 0.470. The van der Waals surface area contributed by atoms with Crippen molar-refractivity contribution >= 4 is 29.2 Å². The summed E-state index contributed by atoms with van der Waals surface area (Å²) in [6.07, 6.45) is -0.266. The highest BCUT2D eigenvalue weighted by Crippen LogP contribution is 2.28. The molecule has 2 aromatic rings. The van der Waals surface area contributed by atoms with Gasteiger partial charge in [0.05, 0.1) is 5.56 Å². The van der Waals surface area contributed by atoms with Gasteiger partial charge in [-0.25, -0.2) is 0 Å². The van der Waals surface area contributed by atoms with Crippen molar-refractivity contribution in [1.29, 1.82) is 0 Å². The van der Waals surface area contributed by atoms with E-state index in [1.165, 1.54) is 44.5 Å². The van der Waals surface area contributed by atoms with E-state index in [0.29, 0.717) is 0 Å². The lowest BCUT2D eigenvalue weighted by Gasteiger charge is -2.27. The third-order valence-corrected chi connectivity index (χ3v) is 4.70. The number of halogens is 5. The highest BCUT2D eigenvalue weighted by molar-refractivity contribution is 6.35. The van der Waals surface area contributed by atoms with Crippen LogP contribution in [0.3, 0.4) is 0 Å². The lowest BCUT2D eigenvalue weighted by Crippen LogP contribution is -2.29. The van der Waals surface area contributed by atoms with E-state index in [1.807, 2.05) is 18.2 Å². The summed E-state index contributed by atoms with van der Waals surface area (Å²) in [6.45, 7) is 4.31. The van der Waals surface area contributed by atoms with Crippen LogP contribution in [-0.2, 0) is 17.5 Å². The predicted molar refractivity (Wildman–Crippen MR) is 110 cm³/mol. The summed E-state index contributed by atoms with van der Waals surface area (Å²) in [5.74, 6) is -0.833. The number of rotatable bonds is 2. The first kappa shape index (κ1) is 25.3. The first-order valence-electron chi connectivity index (χ1n) is 9.08. The van der Waals surface area contributed by atoms with Crippen molar-refractivity contribution in [3.8, 4) is 0 Å². The quantitative estimate of drug-likeness (QED) is 0.549. The smallest absolute Gasteiger partial charge is 0.416 e. The van der Waals surface area contributed by atoms with Crippen LogP contribution in [0.15, 0.2) is 48.5 Å². The lowest BCUT2D eigenvalue weighted by atomic mass is 10.1. The molecule has 0 spiro atoms. The zero-order valence-electron chi connectivity index (χ0n) is 16.1. The standard InChI is InChI=1S/C12H15Cl2N.C7H5F3.C2H4O2/c13-11-5-4-6-12(14)10(11)9-15-7-2-1-3-8-15;8-7(9,10)6-4-2-1-3-5-6;1-2(3)4/h4-6H,1-3,7-9H2;1-5H;1H3,(H,3,4). The number of piperidine rings is 1. The number of carboxylic acid groups (broad SMARTS) is 1. The molecule has 0 unspecified atom stereocenters. The Balaban J connectivity index is 0.000000259. The lowest BCUT2D eigenvalue weighted by molar-refractivity contribution is -0.137. The minimum atomic E-state index is -4.21. The number of aliphatic carboxylic acids is 1. The second kappa shape index (κ2) is 12.7. The van der Waals surface area contributed by atoms with E-state index in [1.54, 1.807) is 6.07 Å². The molecule has 0 amide bonds. The number of carboxylic acids is 1. The molecule has 1 aliphatic rings. The molecule has 0 aromatic heterocycles. The highest BCUT2D eigenvalue weighted by Gasteiger charge is 2.29. The van der Waals surface area contributed by atoms with Crippen molar-refractivity contribution in [3.63, 3.8) is 0 Å². The molecule has 0 aliphatic carbocycles. The number of alkyl halides is 3. The minimum absolute atomic E-state index is 0.602. The van der Waals surface area contributed by atoms with Crippen LogP contribution >= 0.6 is 23.2 Å². The molecular formula is C21H24Cl2F3NO2. The molecule has 29 heavy (non-hydrogen) atoms. The first-order chi connectivity index (χ1) is 13.6. The van der Waals surface area contributed by atoms with Gasteiger partial charge in [0.15, 0.2) is 0 Å². The van der Waals surface area contributed by atoms with Gasteiger partial charge in [0.2, 0.25) is 0 Å². The summed E-state index contributed by atoms with van der Waals surface area (Å²) in [4.78, 5) is 11.4. The van der Waals surface area contributed by atoms with Crippen molar-refractivity contribution in [3.05, 3.63) is 69.7 Å². The minimum Gasteiger partial charge on any atom is -0.481 e. The van der Waals surface area contributed by atoms with Crippen LogP contribution in [0.1, 0.15) is 37.3 Å². The average Bonchev–Trinajstić information content (AvgIpc) is 2.66. The highest BCUT2D eigenvalue weighted by atomic mass is 35.5. The predicted octanol–water partition coefficient (Wildman–Crippen LogP) is 6.78. The molecule has 1 aliphatic heterocycles. The maximum atomic E-state index is 11.8. The second-order valence-electron chi connectivity index (χ2n) is 6.42. The Morgan fingerprint density at radius 2 is 1.45 bits per heavy atom. The fourth-order valence-electron chi connectivity index (χ4n) is 2.65. The number of hydrogen-bond donors (Lipinski definition) is 1. The maximum absolute atomic E-state index is 11.8. The molecule has 2 aromatic carbocycles. The van der Waals surface area contributed by atoms with E-state index < -0.39 is 17.7 Å². The molecule has 1 N–H and O–H groups in total. The molecule has 160 valence electrons. The largest absolute Gasteiger partial charge is 0.481 e. The van der Waals surface area contributed by atoms with Crippen molar-refractivity contribution in [2.75, 3.05) is 13.1 Å². The van der Waals surface area contributed by atoms with Crippen LogP contribution in [0, 0.1) is 0 Å². The molecule has 0 saturated carbocycles. The van der Waals surface area contributed by atoms with Crippen LogP contribution in [0.4, 0.5) is 13.2 Å². The number of benzene rings is 2.